The van der Waals surface area contributed by atoms with Crippen molar-refractivity contribution in [2.75, 3.05) is 0 Å². The molecule has 0 saturated heterocycles. The number of aryl methyl sites for hydroxylation is 1. The Morgan fingerprint density at radius 1 is 1.15 bits per heavy atom. The van der Waals surface area contributed by atoms with Crippen molar-refractivity contribution in [3.05, 3.63) is 59.5 Å². The zero-order chi connectivity index (χ0) is 14.1. The summed E-state index contributed by atoms with van der Waals surface area (Å²) in [5, 5.41) is 5.70. The van der Waals surface area contributed by atoms with Crippen molar-refractivity contribution in [1.29, 1.82) is 0 Å². The smallest absolute Gasteiger partial charge is 0.0838 e. The van der Waals surface area contributed by atoms with Crippen molar-refractivity contribution in [2.45, 2.75) is 33.2 Å². The van der Waals surface area contributed by atoms with Gasteiger partial charge in [0.1, 0.15) is 0 Å². The van der Waals surface area contributed by atoms with Gasteiger partial charge in [-0.25, -0.2) is 0 Å². The van der Waals surface area contributed by atoms with E-state index in [1.54, 1.807) is 0 Å². The van der Waals surface area contributed by atoms with Crippen LogP contribution in [-0.2, 0) is 6.54 Å². The summed E-state index contributed by atoms with van der Waals surface area (Å²) in [4.78, 5) is 4.54. The SMILES string of the molecule is Cc1cccc(Cn2ncc3cc(C(C)C)ccc32)n1. The molecule has 0 aliphatic carbocycles. The molecule has 2 aromatic heterocycles. The summed E-state index contributed by atoms with van der Waals surface area (Å²) >= 11 is 0. The third-order valence-corrected chi connectivity index (χ3v) is 3.59. The second-order valence-corrected chi connectivity index (χ2v) is 5.55. The Labute approximate surface area is 119 Å². The average molecular weight is 265 g/mol. The van der Waals surface area contributed by atoms with Crippen LogP contribution in [0.3, 0.4) is 0 Å². The molecule has 0 bridgehead atoms. The maximum Gasteiger partial charge on any atom is 0.0838 e. The van der Waals surface area contributed by atoms with E-state index in [9.17, 15) is 0 Å². The molecule has 0 aliphatic heterocycles. The first kappa shape index (κ1) is 12.9. The number of hydrogen-bond donors (Lipinski definition) is 0. The summed E-state index contributed by atoms with van der Waals surface area (Å²) in [6, 6.07) is 12.7. The van der Waals surface area contributed by atoms with Gasteiger partial charge in [0.25, 0.3) is 0 Å². The summed E-state index contributed by atoms with van der Waals surface area (Å²) in [7, 11) is 0. The van der Waals surface area contributed by atoms with E-state index in [1.165, 1.54) is 10.9 Å². The Balaban J connectivity index is 1.96. The molecule has 0 N–H and O–H groups in total. The van der Waals surface area contributed by atoms with Crippen molar-refractivity contribution in [1.82, 2.24) is 14.8 Å². The molecular weight excluding hydrogens is 246 g/mol. The van der Waals surface area contributed by atoms with E-state index in [0.717, 1.165) is 16.9 Å². The van der Waals surface area contributed by atoms with Crippen molar-refractivity contribution >= 4 is 10.9 Å². The number of aromatic nitrogens is 3. The van der Waals surface area contributed by atoms with Gasteiger partial charge in [-0.15, -0.1) is 0 Å². The van der Waals surface area contributed by atoms with Gasteiger partial charge in [0.15, 0.2) is 0 Å². The normalized spacial score (nSPS) is 11.4. The molecule has 102 valence electrons. The standard InChI is InChI=1S/C17H19N3/c1-12(2)14-7-8-17-15(9-14)10-18-20(17)11-16-6-4-5-13(3)19-16/h4-10,12H,11H2,1-3H3. The van der Waals surface area contributed by atoms with Crippen molar-refractivity contribution < 1.29 is 0 Å². The second-order valence-electron chi connectivity index (χ2n) is 5.55. The van der Waals surface area contributed by atoms with E-state index in [2.05, 4.69) is 42.1 Å². The van der Waals surface area contributed by atoms with Gasteiger partial charge in [-0.05, 0) is 42.7 Å². The van der Waals surface area contributed by atoms with E-state index >= 15 is 0 Å². The molecule has 0 spiro atoms. The number of nitrogens with zero attached hydrogens (tertiary/aromatic N) is 3. The number of rotatable bonds is 3. The molecule has 3 heteroatoms. The van der Waals surface area contributed by atoms with Gasteiger partial charge in [0.05, 0.1) is 24.0 Å². The molecule has 20 heavy (non-hydrogen) atoms. The predicted octanol–water partition coefficient (Wildman–Crippen LogP) is 3.91. The Morgan fingerprint density at radius 2 is 2.00 bits per heavy atom. The molecule has 3 aromatic rings. The number of hydrogen-bond acceptors (Lipinski definition) is 2. The van der Waals surface area contributed by atoms with Gasteiger partial charge in [0, 0.05) is 11.1 Å². The zero-order valence-electron chi connectivity index (χ0n) is 12.2. The predicted molar refractivity (Wildman–Crippen MR) is 81.9 cm³/mol. The lowest BCUT2D eigenvalue weighted by molar-refractivity contribution is 0.694. The molecule has 0 unspecified atom stereocenters. The molecule has 3 rings (SSSR count). The van der Waals surface area contributed by atoms with Gasteiger partial charge in [-0.2, -0.15) is 5.10 Å². The highest BCUT2D eigenvalue weighted by molar-refractivity contribution is 5.79. The minimum Gasteiger partial charge on any atom is -0.259 e. The van der Waals surface area contributed by atoms with Crippen LogP contribution in [0.2, 0.25) is 0 Å². The van der Waals surface area contributed by atoms with Crippen LogP contribution < -0.4 is 0 Å². The van der Waals surface area contributed by atoms with Crippen LogP contribution in [0.25, 0.3) is 10.9 Å². The van der Waals surface area contributed by atoms with Crippen molar-refractivity contribution in [3.63, 3.8) is 0 Å². The number of pyridine rings is 1. The topological polar surface area (TPSA) is 30.7 Å². The van der Waals surface area contributed by atoms with Crippen LogP contribution in [0, 0.1) is 6.92 Å². The van der Waals surface area contributed by atoms with E-state index in [1.807, 2.05) is 36.0 Å². The summed E-state index contributed by atoms with van der Waals surface area (Å²) in [6.45, 7) is 7.15. The Hall–Kier alpha value is -2.16. The summed E-state index contributed by atoms with van der Waals surface area (Å²) in [6.07, 6.45) is 1.94. The molecule has 3 nitrogen and oxygen atoms in total. The van der Waals surface area contributed by atoms with Crippen LogP contribution in [-0.4, -0.2) is 14.8 Å². The Bertz CT molecular complexity index is 741. The van der Waals surface area contributed by atoms with E-state index < -0.39 is 0 Å². The molecule has 0 saturated carbocycles. The first-order chi connectivity index (χ1) is 9.63. The molecule has 0 aliphatic rings. The fraction of sp³-hybridized carbons (Fsp3) is 0.294. The molecular formula is C17H19N3. The molecule has 0 fully saturated rings. The molecule has 0 radical (unpaired) electrons. The number of fused-ring (bicyclic) bond motifs is 1. The van der Waals surface area contributed by atoms with E-state index in [4.69, 9.17) is 0 Å². The van der Waals surface area contributed by atoms with Gasteiger partial charge in [-0.3, -0.25) is 9.67 Å². The largest absolute Gasteiger partial charge is 0.259 e. The molecule has 1 aromatic carbocycles. The summed E-state index contributed by atoms with van der Waals surface area (Å²) in [5.74, 6) is 0.543. The minimum atomic E-state index is 0.543. The fourth-order valence-corrected chi connectivity index (χ4v) is 2.43. The van der Waals surface area contributed by atoms with Gasteiger partial charge < -0.3 is 0 Å². The van der Waals surface area contributed by atoms with Gasteiger partial charge >= 0.3 is 0 Å². The lowest BCUT2D eigenvalue weighted by Crippen LogP contribution is -2.03. The number of benzene rings is 1. The monoisotopic (exact) mass is 265 g/mol. The van der Waals surface area contributed by atoms with Crippen LogP contribution in [0.1, 0.15) is 36.7 Å². The Kier molecular flexibility index (Phi) is 3.26. The van der Waals surface area contributed by atoms with Crippen molar-refractivity contribution in [3.8, 4) is 0 Å². The summed E-state index contributed by atoms with van der Waals surface area (Å²) < 4.78 is 2.02. The van der Waals surface area contributed by atoms with Crippen LogP contribution in [0.4, 0.5) is 0 Å². The third-order valence-electron chi connectivity index (χ3n) is 3.59. The van der Waals surface area contributed by atoms with E-state index in [-0.39, 0.29) is 0 Å². The summed E-state index contributed by atoms with van der Waals surface area (Å²) in [5.41, 5.74) is 4.60. The van der Waals surface area contributed by atoms with Gasteiger partial charge in [0.2, 0.25) is 0 Å². The average Bonchev–Trinajstić information content (AvgIpc) is 2.81. The third kappa shape index (κ3) is 2.44. The molecule has 2 heterocycles. The lowest BCUT2D eigenvalue weighted by Gasteiger charge is -2.07. The quantitative estimate of drug-likeness (QED) is 0.718. The molecule has 0 atom stereocenters. The van der Waals surface area contributed by atoms with Crippen LogP contribution in [0.5, 0.6) is 0 Å². The van der Waals surface area contributed by atoms with Crippen molar-refractivity contribution in [2.24, 2.45) is 0 Å². The lowest BCUT2D eigenvalue weighted by atomic mass is 10.0. The zero-order valence-corrected chi connectivity index (χ0v) is 12.2. The van der Waals surface area contributed by atoms with Crippen LogP contribution in [0.15, 0.2) is 42.6 Å². The molecule has 0 amide bonds. The van der Waals surface area contributed by atoms with E-state index in [0.29, 0.717) is 12.5 Å². The maximum atomic E-state index is 4.54. The fourth-order valence-electron chi connectivity index (χ4n) is 2.43. The minimum absolute atomic E-state index is 0.543. The van der Waals surface area contributed by atoms with Gasteiger partial charge in [-0.1, -0.05) is 26.0 Å². The first-order valence-electron chi connectivity index (χ1n) is 7.01. The maximum absolute atomic E-state index is 4.54. The van der Waals surface area contributed by atoms with Crippen LogP contribution >= 0.6 is 0 Å². The highest BCUT2D eigenvalue weighted by Gasteiger charge is 2.06. The Morgan fingerprint density at radius 3 is 2.75 bits per heavy atom. The highest BCUT2D eigenvalue weighted by atomic mass is 15.3. The second kappa shape index (κ2) is 5.08. The highest BCUT2D eigenvalue weighted by Crippen LogP contribution is 2.21. The first-order valence-corrected chi connectivity index (χ1v) is 7.01.